The van der Waals surface area contributed by atoms with Crippen LogP contribution in [0.15, 0.2) is 53.0 Å². The summed E-state index contributed by atoms with van der Waals surface area (Å²) in [5.41, 5.74) is -2.13. The van der Waals surface area contributed by atoms with Crippen molar-refractivity contribution < 1.29 is 36.7 Å². The number of allylic oxidation sites excluding steroid dienone is 1. The predicted octanol–water partition coefficient (Wildman–Crippen LogP) is 7.11. The molecule has 15 heteroatoms. The van der Waals surface area contributed by atoms with Crippen molar-refractivity contribution in [2.24, 2.45) is 5.92 Å². The number of nitrogens with zero attached hydrogens (tertiary/aromatic N) is 2. The standard InChI is InChI=1S/C36H38BrF4N5O4S/c1-34(11-12-34)45-32(49)35-18-20(35)7-5-3-2-4-6-8-27(42-24-14-21(36(39,40)41)13-23(38)16-24)31(48)46-19-25(17-28(46)30(47)44-35)50-33-43-26-10-9-22(37)15-29(26)51-33/h5,7,9-10,13-16,20,25,27-28,42H,2-4,6,8,11-12,17-19H2,1H3,(H,44,47)(H,45,49)/b7-5-/t20-,25-,27+,28+,35-/m1/s1. The Morgan fingerprint density at radius 3 is 2.71 bits per heavy atom. The lowest BCUT2D eigenvalue weighted by molar-refractivity contribution is -0.140. The summed E-state index contributed by atoms with van der Waals surface area (Å²) in [6.07, 6.45) is 3.78. The molecule has 0 radical (unpaired) electrons. The van der Waals surface area contributed by atoms with Gasteiger partial charge in [-0.2, -0.15) is 13.2 Å². The van der Waals surface area contributed by atoms with Crippen LogP contribution in [0.3, 0.4) is 0 Å². The van der Waals surface area contributed by atoms with E-state index < -0.39 is 53.1 Å². The largest absolute Gasteiger partial charge is 0.465 e. The average molecular weight is 793 g/mol. The average Bonchev–Trinajstić information content (AvgIpc) is 3.84. The first-order chi connectivity index (χ1) is 24.2. The maximum atomic E-state index is 14.5. The second-order valence-corrected chi connectivity index (χ2v) is 16.3. The molecule has 3 amide bonds. The number of rotatable bonds is 6. The highest BCUT2D eigenvalue weighted by molar-refractivity contribution is 9.10. The first-order valence-corrected chi connectivity index (χ1v) is 18.8. The Morgan fingerprint density at radius 2 is 1.94 bits per heavy atom. The molecule has 272 valence electrons. The minimum absolute atomic E-state index is 0.00767. The molecular weight excluding hydrogens is 754 g/mol. The van der Waals surface area contributed by atoms with Gasteiger partial charge in [-0.25, -0.2) is 9.37 Å². The van der Waals surface area contributed by atoms with Gasteiger partial charge >= 0.3 is 6.18 Å². The highest BCUT2D eigenvalue weighted by Gasteiger charge is 2.62. The molecule has 0 unspecified atom stereocenters. The topological polar surface area (TPSA) is 113 Å². The maximum absolute atomic E-state index is 14.5. The lowest BCUT2D eigenvalue weighted by Crippen LogP contribution is -2.58. The Balaban J connectivity index is 1.19. The van der Waals surface area contributed by atoms with Gasteiger partial charge in [-0.1, -0.05) is 52.3 Å². The number of amides is 3. The van der Waals surface area contributed by atoms with Gasteiger partial charge in [0, 0.05) is 28.0 Å². The number of thiazole rings is 1. The van der Waals surface area contributed by atoms with Gasteiger partial charge in [0.1, 0.15) is 29.5 Å². The zero-order valence-corrected chi connectivity index (χ0v) is 30.2. The number of hydrogen-bond donors (Lipinski definition) is 3. The molecule has 2 aromatic carbocycles. The molecule has 7 rings (SSSR count). The Morgan fingerprint density at radius 1 is 1.14 bits per heavy atom. The molecule has 4 aliphatic rings. The SMILES string of the molecule is CC1(NC(=O)[C@@]23C[C@H]2/C=C\CCCCC[C@H](Nc2cc(F)cc(C(F)(F)F)c2)C(=O)N2C[C@H](Oc4nc5ccc(Br)cc5s4)C[C@H]2C(=O)N3)CC1. The highest BCUT2D eigenvalue weighted by atomic mass is 79.9. The number of carbonyl (C=O) groups excluding carboxylic acids is 3. The highest BCUT2D eigenvalue weighted by Crippen LogP contribution is 2.47. The van der Waals surface area contributed by atoms with Crippen LogP contribution in [0.2, 0.25) is 0 Å². The quantitative estimate of drug-likeness (QED) is 0.181. The van der Waals surface area contributed by atoms with Crippen molar-refractivity contribution in [2.45, 2.75) is 100 Å². The van der Waals surface area contributed by atoms with Gasteiger partial charge in [0.05, 0.1) is 22.3 Å². The van der Waals surface area contributed by atoms with Crippen LogP contribution in [0.25, 0.3) is 10.2 Å². The van der Waals surface area contributed by atoms with Gasteiger partial charge in [-0.05, 0) is 81.8 Å². The Hall–Kier alpha value is -3.72. The first kappa shape index (κ1) is 35.7. The van der Waals surface area contributed by atoms with E-state index in [0.29, 0.717) is 24.1 Å². The molecule has 2 aliphatic carbocycles. The molecule has 3 aromatic rings. The lowest BCUT2D eigenvalue weighted by Gasteiger charge is -2.30. The fourth-order valence-electron chi connectivity index (χ4n) is 6.97. The molecule has 1 saturated heterocycles. The van der Waals surface area contributed by atoms with E-state index in [-0.39, 0.29) is 42.4 Å². The number of anilines is 1. The van der Waals surface area contributed by atoms with Crippen molar-refractivity contribution >= 4 is 60.9 Å². The minimum atomic E-state index is -4.79. The van der Waals surface area contributed by atoms with E-state index in [1.807, 2.05) is 37.3 Å². The summed E-state index contributed by atoms with van der Waals surface area (Å²) in [4.78, 5) is 48.4. The smallest absolute Gasteiger partial charge is 0.416 e. The first-order valence-electron chi connectivity index (χ1n) is 17.2. The fourth-order valence-corrected chi connectivity index (χ4v) is 8.40. The van der Waals surface area contributed by atoms with E-state index >= 15 is 0 Å². The second kappa shape index (κ2) is 13.7. The summed E-state index contributed by atoms with van der Waals surface area (Å²) in [6, 6.07) is 5.60. The van der Waals surface area contributed by atoms with Gasteiger partial charge in [-0.3, -0.25) is 14.4 Å². The van der Waals surface area contributed by atoms with Crippen LogP contribution in [-0.2, 0) is 20.6 Å². The van der Waals surface area contributed by atoms with E-state index in [9.17, 15) is 31.9 Å². The molecule has 0 bridgehead atoms. The van der Waals surface area contributed by atoms with Crippen molar-refractivity contribution in [3.8, 4) is 5.19 Å². The molecule has 0 spiro atoms. The molecular formula is C36H38BrF4N5O4S. The van der Waals surface area contributed by atoms with Crippen LogP contribution >= 0.6 is 27.3 Å². The van der Waals surface area contributed by atoms with Gasteiger partial charge in [0.15, 0.2) is 0 Å². The second-order valence-electron chi connectivity index (χ2n) is 14.3. The molecule has 3 fully saturated rings. The monoisotopic (exact) mass is 791 g/mol. The number of carbonyl (C=O) groups is 3. The lowest BCUT2D eigenvalue weighted by atomic mass is 10.0. The van der Waals surface area contributed by atoms with E-state index in [4.69, 9.17) is 4.74 Å². The molecule has 2 saturated carbocycles. The summed E-state index contributed by atoms with van der Waals surface area (Å²) in [7, 11) is 0. The molecule has 3 N–H and O–H groups in total. The van der Waals surface area contributed by atoms with Gasteiger partial charge in [-0.15, -0.1) is 0 Å². The predicted molar refractivity (Wildman–Crippen MR) is 188 cm³/mol. The third kappa shape index (κ3) is 7.88. The van der Waals surface area contributed by atoms with Gasteiger partial charge < -0.3 is 25.6 Å². The number of hydrogen-bond acceptors (Lipinski definition) is 7. The fraction of sp³-hybridized carbons (Fsp3) is 0.500. The van der Waals surface area contributed by atoms with Crippen LogP contribution in [0.1, 0.15) is 70.3 Å². The minimum Gasteiger partial charge on any atom is -0.465 e. The van der Waals surface area contributed by atoms with Crippen LogP contribution in [0.4, 0.5) is 23.2 Å². The van der Waals surface area contributed by atoms with E-state index in [0.717, 1.165) is 58.9 Å². The van der Waals surface area contributed by atoms with Crippen molar-refractivity contribution in [3.05, 3.63) is 64.4 Å². The molecule has 3 heterocycles. The third-order valence-corrected chi connectivity index (χ3v) is 11.6. The van der Waals surface area contributed by atoms with Crippen molar-refractivity contribution in [3.63, 3.8) is 0 Å². The molecule has 1 aromatic heterocycles. The number of fused-ring (bicyclic) bond motifs is 3. The number of benzene rings is 2. The summed E-state index contributed by atoms with van der Waals surface area (Å²) >= 11 is 4.78. The molecule has 5 atom stereocenters. The summed E-state index contributed by atoms with van der Waals surface area (Å²) in [6.45, 7) is 1.96. The Labute approximate surface area is 304 Å². The molecule has 2 aliphatic heterocycles. The van der Waals surface area contributed by atoms with E-state index in [2.05, 4.69) is 36.9 Å². The molecule has 51 heavy (non-hydrogen) atoms. The third-order valence-electron chi connectivity index (χ3n) is 10.2. The van der Waals surface area contributed by atoms with E-state index in [1.165, 1.54) is 16.2 Å². The zero-order chi connectivity index (χ0) is 36.1. The van der Waals surface area contributed by atoms with Crippen LogP contribution in [0.5, 0.6) is 5.19 Å². The molecule has 9 nitrogen and oxygen atoms in total. The number of nitrogens with one attached hydrogen (secondary N) is 3. The summed E-state index contributed by atoms with van der Waals surface area (Å²) in [5, 5.41) is 9.36. The zero-order valence-electron chi connectivity index (χ0n) is 27.8. The van der Waals surface area contributed by atoms with E-state index in [1.54, 1.807) is 0 Å². The maximum Gasteiger partial charge on any atom is 0.416 e. The summed E-state index contributed by atoms with van der Waals surface area (Å²) in [5.74, 6) is -2.62. The normalized spacial score (nSPS) is 28.5. The Bertz CT molecular complexity index is 1880. The number of ether oxygens (including phenoxy) is 1. The Kier molecular flexibility index (Phi) is 9.57. The van der Waals surface area contributed by atoms with Gasteiger partial charge in [0.2, 0.25) is 17.7 Å². The number of aromatic nitrogens is 1. The van der Waals surface area contributed by atoms with Crippen molar-refractivity contribution in [2.75, 3.05) is 11.9 Å². The van der Waals surface area contributed by atoms with Crippen molar-refractivity contribution in [1.82, 2.24) is 20.5 Å². The van der Waals surface area contributed by atoms with Crippen LogP contribution in [0, 0.1) is 11.7 Å². The summed E-state index contributed by atoms with van der Waals surface area (Å²) < 4.78 is 63.2. The van der Waals surface area contributed by atoms with Crippen LogP contribution < -0.4 is 20.7 Å². The van der Waals surface area contributed by atoms with Crippen LogP contribution in [-0.4, -0.2) is 63.4 Å². The van der Waals surface area contributed by atoms with Gasteiger partial charge in [0.25, 0.3) is 5.19 Å². The van der Waals surface area contributed by atoms with Crippen molar-refractivity contribution in [1.29, 1.82) is 0 Å². The number of alkyl halides is 3. The number of halogens is 5.